The van der Waals surface area contributed by atoms with Crippen molar-refractivity contribution < 1.29 is 4.39 Å². The first kappa shape index (κ1) is 18.9. The molecule has 2 aromatic heterocycles. The second-order valence-corrected chi connectivity index (χ2v) is 8.73. The number of fused-ring (bicyclic) bond motifs is 5. The van der Waals surface area contributed by atoms with Crippen LogP contribution in [0.4, 0.5) is 4.39 Å². The van der Waals surface area contributed by atoms with Gasteiger partial charge in [0.15, 0.2) is 0 Å². The highest BCUT2D eigenvalue weighted by atomic mass is 19.1. The lowest BCUT2D eigenvalue weighted by atomic mass is 9.89. The molecule has 2 heterocycles. The van der Waals surface area contributed by atoms with Crippen LogP contribution < -0.4 is 0 Å². The normalized spacial score (nSPS) is 13.6. The van der Waals surface area contributed by atoms with Gasteiger partial charge in [0.2, 0.25) is 0 Å². The first-order valence-corrected chi connectivity index (χ1v) is 10.3. The molecule has 0 spiro atoms. The average molecular weight is 378 g/mol. The van der Waals surface area contributed by atoms with Crippen molar-refractivity contribution in [2.24, 2.45) is 0 Å². The molecule has 4 heteroatoms. The van der Waals surface area contributed by atoms with Gasteiger partial charge in [-0.05, 0) is 42.5 Å². The minimum absolute atomic E-state index is 0.198. The third-order valence-corrected chi connectivity index (χ3v) is 5.58. The Balaban J connectivity index is 2.23. The predicted molar refractivity (Wildman–Crippen MR) is 115 cm³/mol. The molecule has 0 amide bonds. The zero-order chi connectivity index (χ0) is 20.1. The van der Waals surface area contributed by atoms with Crippen molar-refractivity contribution in [1.29, 1.82) is 0 Å². The second kappa shape index (κ2) is 6.84. The fourth-order valence-corrected chi connectivity index (χ4v) is 4.27. The molecule has 0 bridgehead atoms. The third-order valence-electron chi connectivity index (χ3n) is 5.58. The van der Waals surface area contributed by atoms with E-state index in [0.717, 1.165) is 52.7 Å². The van der Waals surface area contributed by atoms with E-state index < -0.39 is 0 Å². The monoisotopic (exact) mass is 377 g/mol. The molecule has 1 unspecified atom stereocenters. The Hall–Kier alpha value is -2.49. The van der Waals surface area contributed by atoms with Crippen LogP contribution in [-0.2, 0) is 5.41 Å². The van der Waals surface area contributed by atoms with Gasteiger partial charge in [0.25, 0.3) is 0 Å². The summed E-state index contributed by atoms with van der Waals surface area (Å²) in [6.07, 6.45) is 3.07. The Kier molecular flexibility index (Phi) is 4.60. The Labute approximate surface area is 165 Å². The molecule has 0 aliphatic heterocycles. The van der Waals surface area contributed by atoms with E-state index in [2.05, 4.69) is 45.1 Å². The molecule has 146 valence electrons. The minimum atomic E-state index is -0.218. The van der Waals surface area contributed by atoms with Crippen molar-refractivity contribution in [2.75, 3.05) is 0 Å². The average Bonchev–Trinajstić information content (AvgIpc) is 3.03. The van der Waals surface area contributed by atoms with Crippen molar-refractivity contribution in [3.63, 3.8) is 0 Å². The maximum atomic E-state index is 14.6. The quantitative estimate of drug-likeness (QED) is 0.393. The fourth-order valence-electron chi connectivity index (χ4n) is 4.27. The number of para-hydroxylation sites is 2. The highest BCUT2D eigenvalue weighted by molar-refractivity contribution is 5.99. The number of imidazole rings is 1. The van der Waals surface area contributed by atoms with Gasteiger partial charge < -0.3 is 0 Å². The summed E-state index contributed by atoms with van der Waals surface area (Å²) in [5.41, 5.74) is 4.43. The molecular formula is C24H28FN3. The molecular weight excluding hydrogens is 349 g/mol. The summed E-state index contributed by atoms with van der Waals surface area (Å²) in [4.78, 5) is 9.96. The zero-order valence-electron chi connectivity index (χ0n) is 17.4. The molecule has 1 atom stereocenters. The van der Waals surface area contributed by atoms with Crippen LogP contribution >= 0.6 is 0 Å². The largest absolute Gasteiger partial charge is 0.279 e. The highest BCUT2D eigenvalue weighted by Crippen LogP contribution is 2.37. The van der Waals surface area contributed by atoms with Crippen LogP contribution in [0.1, 0.15) is 71.2 Å². The van der Waals surface area contributed by atoms with Crippen LogP contribution in [0.3, 0.4) is 0 Å². The van der Waals surface area contributed by atoms with Crippen molar-refractivity contribution in [2.45, 2.75) is 65.2 Å². The van der Waals surface area contributed by atoms with Gasteiger partial charge in [0, 0.05) is 16.9 Å². The molecule has 0 aliphatic rings. The second-order valence-electron chi connectivity index (χ2n) is 8.73. The van der Waals surface area contributed by atoms with Crippen LogP contribution in [0.2, 0.25) is 0 Å². The van der Waals surface area contributed by atoms with Gasteiger partial charge in [-0.1, -0.05) is 53.2 Å². The summed E-state index contributed by atoms with van der Waals surface area (Å²) in [5, 5.41) is 0.992. The summed E-state index contributed by atoms with van der Waals surface area (Å²) < 4.78 is 16.8. The van der Waals surface area contributed by atoms with Gasteiger partial charge in [-0.25, -0.2) is 14.4 Å². The molecule has 0 fully saturated rings. The third kappa shape index (κ3) is 2.95. The summed E-state index contributed by atoms with van der Waals surface area (Å²) in [7, 11) is 0. The number of aromatic nitrogens is 3. The molecule has 4 rings (SSSR count). The Bertz CT molecular complexity index is 1170. The van der Waals surface area contributed by atoms with Gasteiger partial charge in [0.1, 0.15) is 17.3 Å². The Morgan fingerprint density at radius 2 is 1.79 bits per heavy atom. The predicted octanol–water partition coefficient (Wildman–Crippen LogP) is 6.77. The van der Waals surface area contributed by atoms with Crippen LogP contribution in [0, 0.1) is 5.82 Å². The Morgan fingerprint density at radius 3 is 2.46 bits per heavy atom. The molecule has 0 saturated carbocycles. The van der Waals surface area contributed by atoms with Gasteiger partial charge in [-0.3, -0.25) is 4.40 Å². The summed E-state index contributed by atoms with van der Waals surface area (Å²) in [6.45, 7) is 10.8. The van der Waals surface area contributed by atoms with Crippen LogP contribution in [0.15, 0.2) is 36.4 Å². The molecule has 28 heavy (non-hydrogen) atoms. The molecule has 4 aromatic rings. The van der Waals surface area contributed by atoms with E-state index in [-0.39, 0.29) is 11.2 Å². The summed E-state index contributed by atoms with van der Waals surface area (Å²) in [5.74, 6) is 0.989. The van der Waals surface area contributed by atoms with Crippen LogP contribution in [0.25, 0.3) is 27.6 Å². The number of halogens is 1. The van der Waals surface area contributed by atoms with E-state index in [1.54, 1.807) is 12.1 Å². The lowest BCUT2D eigenvalue weighted by Gasteiger charge is -2.23. The number of benzene rings is 2. The molecule has 0 aliphatic carbocycles. The van der Waals surface area contributed by atoms with E-state index in [0.29, 0.717) is 11.4 Å². The highest BCUT2D eigenvalue weighted by Gasteiger charge is 2.26. The van der Waals surface area contributed by atoms with Gasteiger partial charge in [-0.2, -0.15) is 0 Å². The summed E-state index contributed by atoms with van der Waals surface area (Å²) >= 11 is 0. The lowest BCUT2D eigenvalue weighted by Crippen LogP contribution is -2.19. The van der Waals surface area contributed by atoms with Gasteiger partial charge >= 0.3 is 0 Å². The number of hydrogen-bond acceptors (Lipinski definition) is 2. The Morgan fingerprint density at radius 1 is 1.04 bits per heavy atom. The van der Waals surface area contributed by atoms with Crippen molar-refractivity contribution in [1.82, 2.24) is 14.4 Å². The smallest absolute Gasteiger partial charge is 0.149 e. The number of hydrogen-bond donors (Lipinski definition) is 0. The van der Waals surface area contributed by atoms with Crippen LogP contribution in [0.5, 0.6) is 0 Å². The maximum absolute atomic E-state index is 14.6. The topological polar surface area (TPSA) is 30.2 Å². The molecule has 0 radical (unpaired) electrons. The molecule has 0 N–H and O–H groups in total. The number of rotatable bonds is 4. The molecule has 0 saturated heterocycles. The zero-order valence-corrected chi connectivity index (χ0v) is 17.4. The SMILES string of the molecule is CCCC(CC)c1cc(F)cc2nc(C(C)(C)C)n3c4ccccc4nc3c12. The molecule has 3 nitrogen and oxygen atoms in total. The fraction of sp³-hybridized carbons (Fsp3) is 0.417. The van der Waals surface area contributed by atoms with Crippen molar-refractivity contribution in [3.8, 4) is 0 Å². The standard InChI is InChI=1S/C24H28FN3/c1-6-10-15(7-2)17-13-16(25)14-19-21(17)22-26-18-11-8-9-12-20(18)28(22)23(27-19)24(3,4)5/h8-9,11-15H,6-7,10H2,1-5H3. The van der Waals surface area contributed by atoms with E-state index in [1.165, 1.54) is 0 Å². The van der Waals surface area contributed by atoms with E-state index in [1.807, 2.05) is 18.2 Å². The number of nitrogens with zero attached hydrogens (tertiary/aromatic N) is 3. The van der Waals surface area contributed by atoms with Crippen LogP contribution in [-0.4, -0.2) is 14.4 Å². The maximum Gasteiger partial charge on any atom is 0.149 e. The van der Waals surface area contributed by atoms with E-state index in [9.17, 15) is 4.39 Å². The first-order valence-electron chi connectivity index (χ1n) is 10.3. The lowest BCUT2D eigenvalue weighted by molar-refractivity contribution is 0.541. The van der Waals surface area contributed by atoms with E-state index >= 15 is 0 Å². The van der Waals surface area contributed by atoms with Crippen molar-refractivity contribution in [3.05, 3.63) is 53.6 Å². The van der Waals surface area contributed by atoms with Crippen molar-refractivity contribution >= 4 is 27.6 Å². The first-order chi connectivity index (χ1) is 13.3. The van der Waals surface area contributed by atoms with E-state index in [4.69, 9.17) is 9.97 Å². The summed E-state index contributed by atoms with van der Waals surface area (Å²) in [6, 6.07) is 11.4. The molecule has 2 aromatic carbocycles. The minimum Gasteiger partial charge on any atom is -0.279 e. The van der Waals surface area contributed by atoms with Gasteiger partial charge in [0.05, 0.1) is 16.6 Å². The van der Waals surface area contributed by atoms with Gasteiger partial charge in [-0.15, -0.1) is 0 Å².